The third kappa shape index (κ3) is 5.24. The molecule has 8 heteroatoms. The van der Waals surface area contributed by atoms with Crippen molar-refractivity contribution in [3.05, 3.63) is 0 Å². The summed E-state index contributed by atoms with van der Waals surface area (Å²) in [5.41, 5.74) is -5.88. The van der Waals surface area contributed by atoms with Crippen LogP contribution in [-0.2, 0) is 0 Å². The van der Waals surface area contributed by atoms with Gasteiger partial charge in [0.1, 0.15) is 0 Å². The van der Waals surface area contributed by atoms with Crippen molar-refractivity contribution in [1.82, 2.24) is 0 Å². The molecule has 2 aliphatic carbocycles. The fourth-order valence-corrected chi connectivity index (χ4v) is 6.27. The van der Waals surface area contributed by atoms with Crippen LogP contribution in [0.5, 0.6) is 0 Å². The summed E-state index contributed by atoms with van der Waals surface area (Å²) in [4.78, 5) is 0. The quantitative estimate of drug-likeness (QED) is 0.337. The van der Waals surface area contributed by atoms with Crippen LogP contribution in [0.4, 0.5) is 26.3 Å². The van der Waals surface area contributed by atoms with Gasteiger partial charge in [0.2, 0.25) is 0 Å². The zero-order chi connectivity index (χ0) is 24.6. The van der Waals surface area contributed by atoms with Gasteiger partial charge in [-0.3, -0.25) is 0 Å². The Labute approximate surface area is 187 Å². The molecule has 0 saturated heterocycles. The molecular weight excluding hydrogens is 434 g/mol. The van der Waals surface area contributed by atoms with Crippen molar-refractivity contribution >= 4 is 0 Å². The molecule has 5 atom stereocenters. The normalized spacial score (nSPS) is 31.1. The van der Waals surface area contributed by atoms with Gasteiger partial charge in [-0.2, -0.15) is 26.3 Å². The molecule has 2 N–H and O–H groups in total. The first-order valence-electron chi connectivity index (χ1n) is 11.5. The Morgan fingerprint density at radius 1 is 1.03 bits per heavy atom. The Balaban J connectivity index is 2.37. The van der Waals surface area contributed by atoms with Gasteiger partial charge in [-0.05, 0) is 66.6 Å². The van der Waals surface area contributed by atoms with E-state index in [0.717, 1.165) is 50.9 Å². The van der Waals surface area contributed by atoms with E-state index in [-0.39, 0.29) is 23.7 Å². The van der Waals surface area contributed by atoms with Crippen LogP contribution in [0.2, 0.25) is 0 Å². The van der Waals surface area contributed by atoms with Crippen LogP contribution in [0.3, 0.4) is 0 Å². The molecule has 0 bridgehead atoms. The third-order valence-corrected chi connectivity index (χ3v) is 8.04. The second-order valence-corrected chi connectivity index (χ2v) is 10.8. The first-order chi connectivity index (χ1) is 14.5. The maximum absolute atomic E-state index is 13.0. The summed E-state index contributed by atoms with van der Waals surface area (Å²) in [6, 6.07) is 0. The zero-order valence-electron chi connectivity index (χ0n) is 19.3. The van der Waals surface area contributed by atoms with Gasteiger partial charge in [0.15, 0.2) is 0 Å². The molecule has 2 fully saturated rings. The minimum Gasteiger partial charge on any atom is -0.393 e. The number of fused-ring (bicyclic) bond motifs is 1. The van der Waals surface area contributed by atoms with E-state index in [1.807, 2.05) is 6.92 Å². The molecule has 32 heavy (non-hydrogen) atoms. The van der Waals surface area contributed by atoms with Gasteiger partial charge >= 0.3 is 18.0 Å². The molecule has 0 heterocycles. The average molecular weight is 471 g/mol. The van der Waals surface area contributed by atoms with Crippen molar-refractivity contribution in [1.29, 1.82) is 0 Å². The minimum absolute atomic E-state index is 0.0290. The van der Waals surface area contributed by atoms with E-state index in [2.05, 4.69) is 26.7 Å². The van der Waals surface area contributed by atoms with E-state index in [9.17, 15) is 36.6 Å². The predicted octanol–water partition coefficient (Wildman–Crippen LogP) is 6.65. The molecule has 0 aromatic carbocycles. The van der Waals surface area contributed by atoms with Crippen LogP contribution in [0.15, 0.2) is 0 Å². The Bertz CT molecular complexity index is 690. The predicted molar refractivity (Wildman–Crippen MR) is 110 cm³/mol. The largest absolute Gasteiger partial charge is 0.438 e. The fourth-order valence-electron chi connectivity index (χ4n) is 6.27. The first kappa shape index (κ1) is 27.3. The van der Waals surface area contributed by atoms with Crippen LogP contribution in [0, 0.1) is 40.4 Å². The van der Waals surface area contributed by atoms with Gasteiger partial charge in [0.25, 0.3) is 0 Å². The van der Waals surface area contributed by atoms with E-state index in [1.54, 1.807) is 0 Å². The third-order valence-electron chi connectivity index (χ3n) is 8.04. The molecule has 2 saturated carbocycles. The van der Waals surface area contributed by atoms with Gasteiger partial charge in [0, 0.05) is 6.42 Å². The molecule has 2 aliphatic rings. The molecule has 0 spiro atoms. The maximum Gasteiger partial charge on any atom is 0.438 e. The highest BCUT2D eigenvalue weighted by molar-refractivity contribution is 5.22. The van der Waals surface area contributed by atoms with E-state index in [4.69, 9.17) is 0 Å². The number of halogens is 6. The van der Waals surface area contributed by atoms with Crippen LogP contribution in [0.25, 0.3) is 0 Å². The first-order valence-corrected chi connectivity index (χ1v) is 11.5. The van der Waals surface area contributed by atoms with Crippen molar-refractivity contribution in [3.63, 3.8) is 0 Å². The maximum atomic E-state index is 13.0. The fraction of sp³-hybridized carbons (Fsp3) is 0.917. The number of hydrogen-bond donors (Lipinski definition) is 2. The Kier molecular flexibility index (Phi) is 7.99. The second kappa shape index (κ2) is 9.37. The van der Waals surface area contributed by atoms with E-state index >= 15 is 0 Å². The molecular formula is C24H36F6O2. The Morgan fingerprint density at radius 2 is 1.62 bits per heavy atom. The molecule has 0 aliphatic heterocycles. The molecule has 1 unspecified atom stereocenters. The SMILES string of the molecule is CC(C)CCC[C@@](C)(CC#CC(O)(C(F)(F)F)C(F)(F)F)[C@H]1CCC2[C@@H](O)CCC[C@@]21C. The highest BCUT2D eigenvalue weighted by Gasteiger charge is 2.70. The highest BCUT2D eigenvalue weighted by atomic mass is 19.4. The molecule has 0 aromatic heterocycles. The monoisotopic (exact) mass is 470 g/mol. The highest BCUT2D eigenvalue weighted by Crippen LogP contribution is 2.62. The molecule has 0 aromatic rings. The van der Waals surface area contributed by atoms with Crippen molar-refractivity contribution < 1.29 is 36.6 Å². The summed E-state index contributed by atoms with van der Waals surface area (Å²) >= 11 is 0. The number of rotatable bonds is 6. The van der Waals surface area contributed by atoms with Gasteiger partial charge in [0.05, 0.1) is 6.10 Å². The average Bonchev–Trinajstić information content (AvgIpc) is 2.98. The second-order valence-electron chi connectivity index (χ2n) is 10.8. The van der Waals surface area contributed by atoms with Gasteiger partial charge in [-0.1, -0.05) is 52.9 Å². The molecule has 186 valence electrons. The molecule has 2 rings (SSSR count). The van der Waals surface area contributed by atoms with Crippen LogP contribution < -0.4 is 0 Å². The number of alkyl halides is 6. The van der Waals surface area contributed by atoms with Gasteiger partial charge < -0.3 is 10.2 Å². The summed E-state index contributed by atoms with van der Waals surface area (Å²) < 4.78 is 78.2. The summed E-state index contributed by atoms with van der Waals surface area (Å²) in [5.74, 6) is 3.81. The molecule has 0 amide bonds. The summed E-state index contributed by atoms with van der Waals surface area (Å²) in [5, 5.41) is 19.9. The topological polar surface area (TPSA) is 40.5 Å². The van der Waals surface area contributed by atoms with Crippen molar-refractivity contribution in [3.8, 4) is 11.8 Å². The number of hydrogen-bond acceptors (Lipinski definition) is 2. The summed E-state index contributed by atoms with van der Waals surface area (Å²) in [6.07, 6.45) is -6.15. The Hall–Kier alpha value is -0.940. The van der Waals surface area contributed by atoms with Gasteiger partial charge in [-0.25, -0.2) is 0 Å². The van der Waals surface area contributed by atoms with Crippen molar-refractivity contribution in [2.24, 2.45) is 28.6 Å². The van der Waals surface area contributed by atoms with Crippen molar-refractivity contribution in [2.45, 2.75) is 110 Å². The van der Waals surface area contributed by atoms with Crippen LogP contribution in [0.1, 0.15) is 85.5 Å². The lowest BCUT2D eigenvalue weighted by Crippen LogP contribution is -2.55. The lowest BCUT2D eigenvalue weighted by molar-refractivity contribution is -0.343. The molecule has 0 radical (unpaired) electrons. The lowest BCUT2D eigenvalue weighted by Gasteiger charge is -2.49. The Morgan fingerprint density at radius 3 is 2.16 bits per heavy atom. The zero-order valence-corrected chi connectivity index (χ0v) is 19.3. The van der Waals surface area contributed by atoms with Gasteiger partial charge in [-0.15, -0.1) is 0 Å². The standard InChI is InChI=1S/C24H36F6O2/c1-16(2)8-5-12-20(3,13-7-15-22(32,23(25,26)27)24(28,29)30)19-11-10-17-18(31)9-6-14-21(17,19)4/h16-19,31-32H,5-6,8-14H2,1-4H3/t17?,18-,19+,20-,21-/m0/s1. The smallest absolute Gasteiger partial charge is 0.393 e. The lowest BCUT2D eigenvalue weighted by atomic mass is 9.56. The van der Waals surface area contributed by atoms with Crippen molar-refractivity contribution in [2.75, 3.05) is 0 Å². The number of aliphatic hydroxyl groups excluding tert-OH is 1. The minimum atomic E-state index is -5.94. The number of aliphatic hydroxyl groups is 2. The van der Waals surface area contributed by atoms with E-state index in [1.165, 1.54) is 0 Å². The molecule has 2 nitrogen and oxygen atoms in total. The van der Waals surface area contributed by atoms with Crippen LogP contribution in [-0.4, -0.2) is 34.3 Å². The summed E-state index contributed by atoms with van der Waals surface area (Å²) in [6.45, 7) is 8.14. The summed E-state index contributed by atoms with van der Waals surface area (Å²) in [7, 11) is 0. The van der Waals surface area contributed by atoms with Crippen LogP contribution >= 0.6 is 0 Å². The van der Waals surface area contributed by atoms with E-state index < -0.39 is 29.5 Å². The van der Waals surface area contributed by atoms with E-state index in [0.29, 0.717) is 12.3 Å².